The number of ether oxygens (including phenoxy) is 1. The highest BCUT2D eigenvalue weighted by Crippen LogP contribution is 2.21. The van der Waals surface area contributed by atoms with Crippen molar-refractivity contribution in [3.05, 3.63) is 29.1 Å². The molecule has 13 heavy (non-hydrogen) atoms. The second-order valence-corrected chi connectivity index (χ2v) is 2.57. The molecule has 1 aromatic rings. The molecule has 1 nitrogen and oxygen atoms in total. The van der Waals surface area contributed by atoms with Crippen molar-refractivity contribution in [1.29, 1.82) is 0 Å². The summed E-state index contributed by atoms with van der Waals surface area (Å²) >= 11 is 0. The van der Waals surface area contributed by atoms with E-state index in [1.54, 1.807) is 14.0 Å². The Morgan fingerprint density at radius 2 is 1.69 bits per heavy atom. The van der Waals surface area contributed by atoms with E-state index >= 15 is 0 Å². The summed E-state index contributed by atoms with van der Waals surface area (Å²) in [5.74, 6) is 0.407. The Balaban J connectivity index is 0.000000671. The molecule has 0 amide bonds. The van der Waals surface area contributed by atoms with Crippen LogP contribution in [0.4, 0.5) is 4.39 Å². The maximum absolute atomic E-state index is 12.9. The zero-order valence-electron chi connectivity index (χ0n) is 8.94. The minimum atomic E-state index is -0.207. The van der Waals surface area contributed by atoms with Crippen LogP contribution in [0, 0.1) is 19.7 Å². The Labute approximate surface area is 79.5 Å². The third-order valence-electron chi connectivity index (χ3n) is 1.66. The second-order valence-electron chi connectivity index (χ2n) is 2.57. The molecule has 0 spiro atoms. The van der Waals surface area contributed by atoms with Crippen molar-refractivity contribution in [2.24, 2.45) is 0 Å². The minimum Gasteiger partial charge on any atom is -0.496 e. The quantitative estimate of drug-likeness (QED) is 0.649. The Morgan fingerprint density at radius 1 is 1.15 bits per heavy atom. The standard InChI is InChI=1S/C9H11FO.C2H6/c1-6-4-8(10)7(2)9(5-6)11-3;1-2/h4-5H,1-3H3;1-2H3. The van der Waals surface area contributed by atoms with Crippen LogP contribution in [0.2, 0.25) is 0 Å². The SMILES string of the molecule is CC.COc1cc(C)cc(F)c1C. The van der Waals surface area contributed by atoms with E-state index in [1.165, 1.54) is 6.07 Å². The number of methoxy groups -OCH3 is 1. The molecule has 0 aromatic heterocycles. The van der Waals surface area contributed by atoms with Gasteiger partial charge in [-0.25, -0.2) is 4.39 Å². The van der Waals surface area contributed by atoms with Gasteiger partial charge in [-0.2, -0.15) is 0 Å². The first kappa shape index (κ1) is 11.9. The molecule has 0 saturated heterocycles. The first-order chi connectivity index (χ1) is 6.15. The van der Waals surface area contributed by atoms with Gasteiger partial charge in [-0.15, -0.1) is 0 Å². The molecule has 0 heterocycles. The van der Waals surface area contributed by atoms with Crippen molar-refractivity contribution in [2.75, 3.05) is 7.11 Å². The topological polar surface area (TPSA) is 9.23 Å². The van der Waals surface area contributed by atoms with Crippen LogP contribution in [0.3, 0.4) is 0 Å². The van der Waals surface area contributed by atoms with Crippen LogP contribution >= 0.6 is 0 Å². The predicted octanol–water partition coefficient (Wildman–Crippen LogP) is 3.48. The first-order valence-corrected chi connectivity index (χ1v) is 4.46. The molecule has 74 valence electrons. The van der Waals surface area contributed by atoms with Crippen LogP contribution in [-0.4, -0.2) is 7.11 Å². The van der Waals surface area contributed by atoms with E-state index in [0.717, 1.165) is 5.56 Å². The number of halogens is 1. The molecule has 2 heteroatoms. The van der Waals surface area contributed by atoms with E-state index in [0.29, 0.717) is 11.3 Å². The number of benzene rings is 1. The highest BCUT2D eigenvalue weighted by molar-refractivity contribution is 5.37. The lowest BCUT2D eigenvalue weighted by molar-refractivity contribution is 0.407. The lowest BCUT2D eigenvalue weighted by Crippen LogP contribution is -1.91. The number of hydrogen-bond acceptors (Lipinski definition) is 1. The normalized spacial score (nSPS) is 8.77. The van der Waals surface area contributed by atoms with Gasteiger partial charge in [0, 0.05) is 5.56 Å². The molecule has 0 radical (unpaired) electrons. The van der Waals surface area contributed by atoms with Crippen LogP contribution in [0.5, 0.6) is 5.75 Å². The average molecular weight is 184 g/mol. The molecule has 0 N–H and O–H groups in total. The van der Waals surface area contributed by atoms with E-state index in [9.17, 15) is 4.39 Å². The number of rotatable bonds is 1. The van der Waals surface area contributed by atoms with Crippen LogP contribution in [0.25, 0.3) is 0 Å². The second kappa shape index (κ2) is 5.57. The molecule has 0 atom stereocenters. The van der Waals surface area contributed by atoms with Gasteiger partial charge in [0.25, 0.3) is 0 Å². The summed E-state index contributed by atoms with van der Waals surface area (Å²) in [5, 5.41) is 0. The van der Waals surface area contributed by atoms with Gasteiger partial charge in [0.1, 0.15) is 11.6 Å². The highest BCUT2D eigenvalue weighted by Gasteiger charge is 2.04. The van der Waals surface area contributed by atoms with E-state index < -0.39 is 0 Å². The summed E-state index contributed by atoms with van der Waals surface area (Å²) in [6.07, 6.45) is 0. The maximum Gasteiger partial charge on any atom is 0.130 e. The molecule has 1 rings (SSSR count). The molecule has 0 fully saturated rings. The fourth-order valence-electron chi connectivity index (χ4n) is 0.995. The molecule has 0 aliphatic rings. The van der Waals surface area contributed by atoms with Crippen LogP contribution in [0.15, 0.2) is 12.1 Å². The van der Waals surface area contributed by atoms with Gasteiger partial charge in [-0.05, 0) is 31.5 Å². The largest absolute Gasteiger partial charge is 0.496 e. The van der Waals surface area contributed by atoms with Crippen molar-refractivity contribution >= 4 is 0 Å². The molecule has 0 bridgehead atoms. The van der Waals surface area contributed by atoms with Crippen molar-refractivity contribution in [3.8, 4) is 5.75 Å². The van der Waals surface area contributed by atoms with Crippen molar-refractivity contribution in [1.82, 2.24) is 0 Å². The van der Waals surface area contributed by atoms with Crippen LogP contribution in [-0.2, 0) is 0 Å². The van der Waals surface area contributed by atoms with Gasteiger partial charge in [-0.3, -0.25) is 0 Å². The summed E-state index contributed by atoms with van der Waals surface area (Å²) in [4.78, 5) is 0. The fraction of sp³-hybridized carbons (Fsp3) is 0.455. The van der Waals surface area contributed by atoms with E-state index in [4.69, 9.17) is 4.74 Å². The van der Waals surface area contributed by atoms with Gasteiger partial charge in [-0.1, -0.05) is 13.8 Å². The molecule has 0 aliphatic carbocycles. The maximum atomic E-state index is 12.9. The Bertz CT molecular complexity index is 269. The first-order valence-electron chi connectivity index (χ1n) is 4.46. The lowest BCUT2D eigenvalue weighted by atomic mass is 10.1. The van der Waals surface area contributed by atoms with Gasteiger partial charge in [0.05, 0.1) is 7.11 Å². The third kappa shape index (κ3) is 3.05. The molecule has 0 unspecified atom stereocenters. The minimum absolute atomic E-state index is 0.207. The van der Waals surface area contributed by atoms with Crippen molar-refractivity contribution in [2.45, 2.75) is 27.7 Å². The molecular formula is C11H17FO. The van der Waals surface area contributed by atoms with E-state index in [1.807, 2.05) is 26.8 Å². The molecule has 1 aromatic carbocycles. The van der Waals surface area contributed by atoms with Crippen LogP contribution in [0.1, 0.15) is 25.0 Å². The summed E-state index contributed by atoms with van der Waals surface area (Å²) < 4.78 is 17.9. The van der Waals surface area contributed by atoms with Gasteiger partial charge in [0.2, 0.25) is 0 Å². The zero-order chi connectivity index (χ0) is 10.4. The van der Waals surface area contributed by atoms with Gasteiger partial charge in [0.15, 0.2) is 0 Å². The molecular weight excluding hydrogens is 167 g/mol. The average Bonchev–Trinajstić information content (AvgIpc) is 2.14. The summed E-state index contributed by atoms with van der Waals surface area (Å²) in [7, 11) is 1.54. The number of aryl methyl sites for hydroxylation is 1. The molecule has 0 saturated carbocycles. The summed E-state index contributed by atoms with van der Waals surface area (Å²) in [6, 6.07) is 3.32. The lowest BCUT2D eigenvalue weighted by Gasteiger charge is -2.05. The summed E-state index contributed by atoms with van der Waals surface area (Å²) in [5.41, 5.74) is 1.45. The highest BCUT2D eigenvalue weighted by atomic mass is 19.1. The van der Waals surface area contributed by atoms with Crippen molar-refractivity contribution in [3.63, 3.8) is 0 Å². The van der Waals surface area contributed by atoms with E-state index in [2.05, 4.69) is 0 Å². The Hall–Kier alpha value is -1.05. The third-order valence-corrected chi connectivity index (χ3v) is 1.66. The fourth-order valence-corrected chi connectivity index (χ4v) is 0.995. The zero-order valence-corrected chi connectivity index (χ0v) is 8.94. The Morgan fingerprint density at radius 3 is 2.15 bits per heavy atom. The summed E-state index contributed by atoms with van der Waals surface area (Å²) in [6.45, 7) is 7.54. The van der Waals surface area contributed by atoms with E-state index in [-0.39, 0.29) is 5.82 Å². The van der Waals surface area contributed by atoms with Crippen molar-refractivity contribution < 1.29 is 9.13 Å². The number of hydrogen-bond donors (Lipinski definition) is 0. The smallest absolute Gasteiger partial charge is 0.130 e. The monoisotopic (exact) mass is 184 g/mol. The predicted molar refractivity (Wildman–Crippen MR) is 53.8 cm³/mol. The molecule has 0 aliphatic heterocycles. The van der Waals surface area contributed by atoms with Crippen LogP contribution < -0.4 is 4.74 Å². The Kier molecular flexibility index (Phi) is 5.12. The van der Waals surface area contributed by atoms with Gasteiger partial charge >= 0.3 is 0 Å². The van der Waals surface area contributed by atoms with Gasteiger partial charge < -0.3 is 4.74 Å².